The summed E-state index contributed by atoms with van der Waals surface area (Å²) in [6.45, 7) is 1.61. The maximum atomic E-state index is 11.9. The minimum atomic E-state index is -1.15. The van der Waals surface area contributed by atoms with Gasteiger partial charge in [-0.05, 0) is 54.7 Å². The lowest BCUT2D eigenvalue weighted by molar-refractivity contribution is -0.115. The highest BCUT2D eigenvalue weighted by Gasteiger charge is 2.21. The molecule has 144 valence electrons. The van der Waals surface area contributed by atoms with Crippen LogP contribution >= 0.6 is 0 Å². The van der Waals surface area contributed by atoms with Crippen LogP contribution < -0.4 is 0 Å². The Labute approximate surface area is 161 Å². The second-order valence-electron chi connectivity index (χ2n) is 6.32. The lowest BCUT2D eigenvalue weighted by atomic mass is 9.97. The van der Waals surface area contributed by atoms with Gasteiger partial charge in [-0.3, -0.25) is 4.79 Å². The molecule has 0 fully saturated rings. The maximum absolute atomic E-state index is 11.9. The topological polar surface area (TPSA) is 136 Å². The van der Waals surface area contributed by atoms with Crippen molar-refractivity contribution in [1.29, 1.82) is 5.26 Å². The van der Waals surface area contributed by atoms with E-state index >= 15 is 0 Å². The third-order valence-electron chi connectivity index (χ3n) is 4.56. The van der Waals surface area contributed by atoms with Gasteiger partial charge in [0.2, 0.25) is 0 Å². The average molecular weight is 381 g/mol. The number of carbonyl (C=O) groups excluding carboxylic acids is 1. The van der Waals surface area contributed by atoms with Crippen molar-refractivity contribution in [2.45, 2.75) is 32.6 Å². The third-order valence-corrected chi connectivity index (χ3v) is 4.56. The summed E-state index contributed by atoms with van der Waals surface area (Å²) < 4.78 is 0. The van der Waals surface area contributed by atoms with Crippen LogP contribution in [0.4, 0.5) is 0 Å². The molecule has 0 saturated heterocycles. The number of nitrogens with zero attached hydrogens (tertiary/aromatic N) is 1. The van der Waals surface area contributed by atoms with E-state index in [1.807, 2.05) is 6.07 Å². The van der Waals surface area contributed by atoms with Crippen molar-refractivity contribution in [2.24, 2.45) is 0 Å². The molecule has 0 aliphatic heterocycles. The Morgan fingerprint density at radius 3 is 2.43 bits per heavy atom. The Bertz CT molecular complexity index is 975. The van der Waals surface area contributed by atoms with Crippen molar-refractivity contribution in [3.8, 4) is 6.07 Å². The van der Waals surface area contributed by atoms with E-state index in [0.29, 0.717) is 16.7 Å². The summed E-state index contributed by atoms with van der Waals surface area (Å²) in [6, 6.07) is 5.70. The van der Waals surface area contributed by atoms with E-state index in [2.05, 4.69) is 0 Å². The number of Topliss-reactive ketones (excluding diaryl/α,β-unsaturated/α-hetero) is 1. The molecule has 0 saturated carbocycles. The monoisotopic (exact) mass is 381 g/mol. The highest BCUT2D eigenvalue weighted by atomic mass is 16.4. The second kappa shape index (κ2) is 8.82. The van der Waals surface area contributed by atoms with Gasteiger partial charge in [-0.15, -0.1) is 0 Å². The SMILES string of the molecule is CC1=C(C#N)C(=O)CCC(O)=C1C/C=C/Cc1cc(C(=O)O)ccc1C(=O)O. The molecule has 0 atom stereocenters. The molecule has 0 unspecified atom stereocenters. The van der Waals surface area contributed by atoms with Crippen LogP contribution in [0.2, 0.25) is 0 Å². The predicted octanol–water partition coefficient (Wildman–Crippen LogP) is 3.59. The van der Waals surface area contributed by atoms with Crippen molar-refractivity contribution in [1.82, 2.24) is 0 Å². The van der Waals surface area contributed by atoms with Crippen LogP contribution in [0, 0.1) is 11.3 Å². The van der Waals surface area contributed by atoms with Gasteiger partial charge in [0, 0.05) is 12.8 Å². The van der Waals surface area contributed by atoms with E-state index in [1.54, 1.807) is 19.1 Å². The quantitative estimate of drug-likeness (QED) is 0.641. The zero-order valence-corrected chi connectivity index (χ0v) is 15.2. The third kappa shape index (κ3) is 4.54. The molecule has 0 radical (unpaired) electrons. The highest BCUT2D eigenvalue weighted by molar-refractivity contribution is 6.01. The summed E-state index contributed by atoms with van der Waals surface area (Å²) in [4.78, 5) is 34.3. The molecule has 3 N–H and O–H groups in total. The van der Waals surface area contributed by atoms with Crippen LogP contribution in [0.5, 0.6) is 0 Å². The summed E-state index contributed by atoms with van der Waals surface area (Å²) in [5.74, 6) is -2.55. The Morgan fingerprint density at radius 2 is 1.82 bits per heavy atom. The molecule has 0 aromatic heterocycles. The second-order valence-corrected chi connectivity index (χ2v) is 6.32. The van der Waals surface area contributed by atoms with Crippen LogP contribution in [-0.4, -0.2) is 33.0 Å². The number of hydrogen-bond acceptors (Lipinski definition) is 5. The molecule has 7 heteroatoms. The smallest absolute Gasteiger partial charge is 0.335 e. The van der Waals surface area contributed by atoms with Gasteiger partial charge in [0.05, 0.1) is 22.5 Å². The van der Waals surface area contributed by atoms with Gasteiger partial charge in [0.15, 0.2) is 5.78 Å². The molecular weight excluding hydrogens is 362 g/mol. The van der Waals surface area contributed by atoms with Gasteiger partial charge in [-0.25, -0.2) is 9.59 Å². The summed E-state index contributed by atoms with van der Waals surface area (Å²) in [5, 5.41) is 37.7. The first-order chi connectivity index (χ1) is 13.3. The highest BCUT2D eigenvalue weighted by Crippen LogP contribution is 2.28. The number of aliphatic hydroxyl groups is 1. The lowest BCUT2D eigenvalue weighted by Crippen LogP contribution is -2.05. The summed E-state index contributed by atoms with van der Waals surface area (Å²) in [5.41, 5.74) is 1.33. The first-order valence-electron chi connectivity index (χ1n) is 8.56. The van der Waals surface area contributed by atoms with E-state index in [9.17, 15) is 29.9 Å². The fourth-order valence-electron chi connectivity index (χ4n) is 3.02. The van der Waals surface area contributed by atoms with Crippen LogP contribution in [-0.2, 0) is 11.2 Å². The van der Waals surface area contributed by atoms with Crippen molar-refractivity contribution in [3.63, 3.8) is 0 Å². The van der Waals surface area contributed by atoms with Crippen LogP contribution in [0.3, 0.4) is 0 Å². The molecule has 7 nitrogen and oxygen atoms in total. The normalized spacial score (nSPS) is 14.9. The number of ketones is 1. The molecule has 0 spiro atoms. The zero-order chi connectivity index (χ0) is 20.8. The number of carboxylic acids is 2. The maximum Gasteiger partial charge on any atom is 0.335 e. The molecule has 1 aromatic rings. The summed E-state index contributed by atoms with van der Waals surface area (Å²) in [7, 11) is 0. The number of benzene rings is 1. The fourth-order valence-corrected chi connectivity index (χ4v) is 3.02. The Hall–Kier alpha value is -3.66. The number of carboxylic acid groups (broad SMARTS) is 2. The van der Waals surface area contributed by atoms with Crippen LogP contribution in [0.15, 0.2) is 52.8 Å². The Balaban J connectivity index is 2.24. The first kappa shape index (κ1) is 20.6. The van der Waals surface area contributed by atoms with Gasteiger partial charge in [-0.2, -0.15) is 5.26 Å². The number of rotatable bonds is 6. The van der Waals surface area contributed by atoms with Crippen molar-refractivity contribution >= 4 is 17.7 Å². The zero-order valence-electron chi connectivity index (χ0n) is 15.2. The van der Waals surface area contributed by atoms with Gasteiger partial charge in [0.25, 0.3) is 0 Å². The first-order valence-corrected chi connectivity index (χ1v) is 8.56. The number of carbonyl (C=O) groups is 3. The van der Waals surface area contributed by atoms with Crippen molar-refractivity contribution in [2.75, 3.05) is 0 Å². The van der Waals surface area contributed by atoms with Gasteiger partial charge in [0.1, 0.15) is 6.07 Å². The lowest BCUT2D eigenvalue weighted by Gasteiger charge is -2.08. The molecule has 1 aromatic carbocycles. The number of aliphatic hydroxyl groups excluding tert-OH is 1. The Morgan fingerprint density at radius 1 is 1.14 bits per heavy atom. The van der Waals surface area contributed by atoms with Gasteiger partial charge >= 0.3 is 11.9 Å². The predicted molar refractivity (Wildman–Crippen MR) is 100 cm³/mol. The summed E-state index contributed by atoms with van der Waals surface area (Å²) >= 11 is 0. The van der Waals surface area contributed by atoms with Crippen molar-refractivity contribution in [3.05, 3.63) is 69.5 Å². The minimum Gasteiger partial charge on any atom is -0.512 e. The van der Waals surface area contributed by atoms with Gasteiger partial charge < -0.3 is 15.3 Å². The van der Waals surface area contributed by atoms with Crippen LogP contribution in [0.25, 0.3) is 0 Å². The minimum absolute atomic E-state index is 0.00604. The molecule has 1 aliphatic carbocycles. The molecule has 0 heterocycles. The summed E-state index contributed by atoms with van der Waals surface area (Å²) in [6.07, 6.45) is 4.04. The molecule has 1 aliphatic rings. The van der Waals surface area contributed by atoms with Crippen molar-refractivity contribution < 1.29 is 29.7 Å². The molecule has 0 amide bonds. The van der Waals surface area contributed by atoms with E-state index in [-0.39, 0.29) is 53.9 Å². The van der Waals surface area contributed by atoms with E-state index in [1.165, 1.54) is 18.2 Å². The number of aromatic carboxylic acids is 2. The fraction of sp³-hybridized carbons (Fsp3) is 0.238. The van der Waals surface area contributed by atoms with E-state index in [0.717, 1.165) is 0 Å². The van der Waals surface area contributed by atoms with Crippen LogP contribution in [0.1, 0.15) is 52.5 Å². The standard InChI is InChI=1S/C21H19NO6/c1-12-15(18(23)8-9-19(24)17(12)11-22)5-3-2-4-13-10-14(20(25)26)6-7-16(13)21(27)28/h2-3,6-7,10,23H,4-5,8-9H2,1H3,(H,25,26)(H,27,28)/b3-2+. The largest absolute Gasteiger partial charge is 0.512 e. The molecule has 2 rings (SSSR count). The molecular formula is C21H19NO6. The Kier molecular flexibility index (Phi) is 6.51. The van der Waals surface area contributed by atoms with E-state index < -0.39 is 11.9 Å². The van der Waals surface area contributed by atoms with E-state index in [4.69, 9.17) is 5.11 Å². The molecule has 28 heavy (non-hydrogen) atoms. The number of hydrogen-bond donors (Lipinski definition) is 3. The average Bonchev–Trinajstić information content (AvgIpc) is 2.75. The van der Waals surface area contributed by atoms with Gasteiger partial charge in [-0.1, -0.05) is 12.2 Å². The number of allylic oxidation sites excluding steroid dienone is 6. The number of nitriles is 1. The molecule has 0 bridgehead atoms.